The lowest BCUT2D eigenvalue weighted by Crippen LogP contribution is -2.47. The van der Waals surface area contributed by atoms with Crippen LogP contribution in [0.15, 0.2) is 37.5 Å². The minimum Gasteiger partial charge on any atom is -0.392 e. The number of hydrogen-bond donors (Lipinski definition) is 2. The zero-order valence-electron chi connectivity index (χ0n) is 14.9. The maximum Gasteiger partial charge on any atom is 0.467 e. The molecular weight excluding hydrogens is 468 g/mol. The predicted molar refractivity (Wildman–Crippen MR) is 88.1 cm³/mol. The van der Waals surface area contributed by atoms with Gasteiger partial charge in [-0.2, -0.15) is 52.7 Å². The van der Waals surface area contributed by atoms with Crippen LogP contribution >= 0.6 is 0 Å². The normalized spacial score (nSPS) is 12.5. The summed E-state index contributed by atoms with van der Waals surface area (Å²) in [5, 5.41) is 15.9. The van der Waals surface area contributed by atoms with Crippen molar-refractivity contribution in [2.24, 2.45) is 0 Å². The molecule has 4 nitrogen and oxygen atoms in total. The number of hydrogen-bond acceptors (Lipinski definition) is 4. The van der Waals surface area contributed by atoms with Gasteiger partial charge in [0.1, 0.15) is 0 Å². The van der Waals surface area contributed by atoms with Crippen molar-refractivity contribution in [3.05, 3.63) is 37.5 Å². The fourth-order valence-corrected chi connectivity index (χ4v) is 1.09. The molecule has 0 heterocycles. The van der Waals surface area contributed by atoms with Crippen LogP contribution in [-0.2, 0) is 0 Å². The van der Waals surface area contributed by atoms with E-state index in [1.54, 1.807) is 0 Å². The molecule has 0 radical (unpaired) electrons. The fourth-order valence-electron chi connectivity index (χ4n) is 1.09. The van der Waals surface area contributed by atoms with Crippen LogP contribution in [0.25, 0.3) is 0 Å². The first kappa shape index (κ1) is 36.6. The summed E-state index contributed by atoms with van der Waals surface area (Å²) in [6.07, 6.45) is -18.4. The van der Waals surface area contributed by atoms with Gasteiger partial charge in [0.2, 0.25) is 0 Å². The monoisotopic (exact) mass is 490 g/mol. The molecular formula is C15H22F12N2O2. The molecule has 0 amide bonds. The number of aliphatic hydroxyl groups is 2. The first-order valence-electron chi connectivity index (χ1n) is 7.21. The molecule has 0 rings (SSSR count). The Hall–Kier alpha value is -1.78. The number of aliphatic hydroxyl groups excluding tert-OH is 2. The molecule has 0 spiro atoms. The first-order valence-corrected chi connectivity index (χ1v) is 7.21. The summed E-state index contributed by atoms with van der Waals surface area (Å²) in [5.41, 5.74) is 0. The van der Waals surface area contributed by atoms with E-state index in [0.717, 1.165) is 6.08 Å². The Kier molecular flexibility index (Phi) is 18.8. The molecule has 0 aromatic carbocycles. The smallest absolute Gasteiger partial charge is 0.392 e. The van der Waals surface area contributed by atoms with Gasteiger partial charge in [0.25, 0.3) is 0 Å². The minimum absolute atomic E-state index is 0. The van der Waals surface area contributed by atoms with Crippen molar-refractivity contribution in [1.29, 1.82) is 0 Å². The van der Waals surface area contributed by atoms with E-state index in [0.29, 0.717) is 12.2 Å². The Bertz CT molecular complexity index is 468. The second-order valence-electron chi connectivity index (χ2n) is 4.51. The molecule has 188 valence electrons. The summed E-state index contributed by atoms with van der Waals surface area (Å²) >= 11 is 0. The summed E-state index contributed by atoms with van der Waals surface area (Å²) in [4.78, 5) is -3.15. The van der Waals surface area contributed by atoms with Gasteiger partial charge in [0.15, 0.2) is 0 Å². The molecule has 0 aliphatic heterocycles. The van der Waals surface area contributed by atoms with E-state index in [2.05, 4.69) is 13.2 Å². The molecule has 0 aromatic heterocycles. The van der Waals surface area contributed by atoms with Crippen molar-refractivity contribution in [1.82, 2.24) is 9.80 Å². The highest BCUT2D eigenvalue weighted by molar-refractivity contribution is 4.85. The molecule has 0 aliphatic rings. The van der Waals surface area contributed by atoms with Crippen LogP contribution < -0.4 is 0 Å². The predicted octanol–water partition coefficient (Wildman–Crippen LogP) is 5.19. The number of halogens is 12. The molecule has 0 aromatic rings. The number of alkyl halides is 12. The number of rotatable bonds is 6. The first-order chi connectivity index (χ1) is 13.3. The van der Waals surface area contributed by atoms with Crippen molar-refractivity contribution >= 4 is 0 Å². The summed E-state index contributed by atoms with van der Waals surface area (Å²) < 4.78 is 140. The molecule has 0 bridgehead atoms. The van der Waals surface area contributed by atoms with E-state index in [1.165, 1.54) is 6.08 Å². The topological polar surface area (TPSA) is 46.9 Å². The van der Waals surface area contributed by atoms with Gasteiger partial charge < -0.3 is 10.2 Å². The van der Waals surface area contributed by atoms with Gasteiger partial charge >= 0.3 is 25.2 Å². The van der Waals surface area contributed by atoms with E-state index in [-0.39, 0.29) is 14.0 Å². The second-order valence-corrected chi connectivity index (χ2v) is 4.51. The van der Waals surface area contributed by atoms with Gasteiger partial charge in [-0.15, -0.1) is 23.0 Å². The maximum absolute atomic E-state index is 11.8. The molecule has 0 unspecified atom stereocenters. The third-order valence-electron chi connectivity index (χ3n) is 2.23. The Labute approximate surface area is 170 Å². The van der Waals surface area contributed by atoms with Crippen molar-refractivity contribution in [3.63, 3.8) is 0 Å². The summed E-state index contributed by atoms with van der Waals surface area (Å²) in [7, 11) is 0. The zero-order chi connectivity index (χ0) is 24.8. The lowest BCUT2D eigenvalue weighted by Gasteiger charge is -2.25. The fraction of sp³-hybridized carbons (Fsp3) is 0.600. The lowest BCUT2D eigenvalue weighted by molar-refractivity contribution is -0.370. The quantitative estimate of drug-likeness (QED) is 0.306. The van der Waals surface area contributed by atoms with E-state index >= 15 is 0 Å². The zero-order valence-corrected chi connectivity index (χ0v) is 14.9. The van der Waals surface area contributed by atoms with Crippen molar-refractivity contribution < 1.29 is 62.9 Å². The molecule has 0 aliphatic carbocycles. The molecule has 0 atom stereocenters. The Balaban J connectivity index is -0.000000196. The van der Waals surface area contributed by atoms with Crippen LogP contribution in [0.3, 0.4) is 0 Å². The Morgan fingerprint density at radius 1 is 0.548 bits per heavy atom. The Morgan fingerprint density at radius 2 is 0.839 bits per heavy atom. The average molecular weight is 490 g/mol. The van der Waals surface area contributed by atoms with Crippen LogP contribution in [0.4, 0.5) is 52.7 Å². The standard InChI is InChI=1S/C6H7F6NO.C5H5F6N.C3H6O.CH4/c7-5(8,9)13(6(10,11)12)3-1-2-4-14;1-2-3-12(4(6,7)8)5(9,10)11;1-2-3-4;/h1-2,14H,3-4H2;2H,1,3H2;2,4H,1,3H2;1H4/b2-1+;;;. The summed E-state index contributed by atoms with van der Waals surface area (Å²) in [6, 6.07) is 0. The van der Waals surface area contributed by atoms with E-state index < -0.39 is 54.7 Å². The second kappa shape index (κ2) is 15.9. The summed E-state index contributed by atoms with van der Waals surface area (Å²) in [6.45, 7) is 2.82. The van der Waals surface area contributed by atoms with Gasteiger partial charge in [0, 0.05) is 13.1 Å². The third-order valence-corrected chi connectivity index (χ3v) is 2.23. The largest absolute Gasteiger partial charge is 0.467 e. The van der Waals surface area contributed by atoms with E-state index in [9.17, 15) is 52.7 Å². The SMILES string of the molecule is C.C=CCN(C(F)(F)F)C(F)(F)F.C=CCO.OC/C=C/CN(C(F)(F)F)C(F)(F)F. The summed E-state index contributed by atoms with van der Waals surface area (Å²) in [5.74, 6) is 0. The van der Waals surface area contributed by atoms with Crippen LogP contribution in [-0.4, -0.2) is 71.5 Å². The molecule has 16 heteroatoms. The molecule has 0 saturated carbocycles. The van der Waals surface area contributed by atoms with Gasteiger partial charge in [-0.05, 0) is 0 Å². The Morgan fingerprint density at radius 3 is 1.00 bits per heavy atom. The van der Waals surface area contributed by atoms with E-state index in [1.807, 2.05) is 0 Å². The molecule has 2 N–H and O–H groups in total. The van der Waals surface area contributed by atoms with Crippen molar-refractivity contribution in [2.45, 2.75) is 32.6 Å². The van der Waals surface area contributed by atoms with E-state index in [4.69, 9.17) is 10.2 Å². The van der Waals surface area contributed by atoms with Crippen LogP contribution in [0.5, 0.6) is 0 Å². The average Bonchev–Trinajstić information content (AvgIpc) is 2.53. The number of nitrogens with zero attached hydrogens (tertiary/aromatic N) is 2. The van der Waals surface area contributed by atoms with Gasteiger partial charge in [-0.25, -0.2) is 0 Å². The minimum atomic E-state index is -5.47. The van der Waals surface area contributed by atoms with Crippen molar-refractivity contribution in [3.8, 4) is 0 Å². The van der Waals surface area contributed by atoms with Crippen LogP contribution in [0.2, 0.25) is 0 Å². The lowest BCUT2D eigenvalue weighted by atomic mass is 10.5. The highest BCUT2D eigenvalue weighted by Gasteiger charge is 2.53. The van der Waals surface area contributed by atoms with Gasteiger partial charge in [-0.3, -0.25) is 0 Å². The van der Waals surface area contributed by atoms with Crippen molar-refractivity contribution in [2.75, 3.05) is 26.3 Å². The van der Waals surface area contributed by atoms with Gasteiger partial charge in [0.05, 0.1) is 13.2 Å². The molecule has 0 fully saturated rings. The molecule has 0 saturated heterocycles. The maximum atomic E-state index is 11.8. The highest BCUT2D eigenvalue weighted by Crippen LogP contribution is 2.33. The highest BCUT2D eigenvalue weighted by atomic mass is 19.4. The van der Waals surface area contributed by atoms with Crippen LogP contribution in [0, 0.1) is 0 Å². The van der Waals surface area contributed by atoms with Gasteiger partial charge in [-0.1, -0.05) is 31.7 Å². The molecule has 31 heavy (non-hydrogen) atoms. The third kappa shape index (κ3) is 19.9. The van der Waals surface area contributed by atoms with Crippen LogP contribution in [0.1, 0.15) is 7.43 Å².